The molecular formula is C21H18ClN3O4. The van der Waals surface area contributed by atoms with Crippen LogP contribution in [0.2, 0.25) is 5.02 Å². The highest BCUT2D eigenvalue weighted by atomic mass is 35.5. The fourth-order valence-electron chi connectivity index (χ4n) is 3.70. The minimum atomic E-state index is -1.27. The number of carbonyl (C=O) groups is 4. The average molecular weight is 412 g/mol. The van der Waals surface area contributed by atoms with Gasteiger partial charge in [0.15, 0.2) is 5.78 Å². The first-order valence-electron chi connectivity index (χ1n) is 9.03. The average Bonchev–Trinajstić information content (AvgIpc) is 3.09. The van der Waals surface area contributed by atoms with Crippen molar-refractivity contribution in [1.29, 1.82) is 0 Å². The third kappa shape index (κ3) is 3.07. The van der Waals surface area contributed by atoms with Crippen molar-refractivity contribution in [3.8, 4) is 0 Å². The van der Waals surface area contributed by atoms with E-state index in [1.165, 1.54) is 0 Å². The van der Waals surface area contributed by atoms with Crippen molar-refractivity contribution >= 4 is 40.9 Å². The number of hydrogen-bond acceptors (Lipinski definition) is 4. The van der Waals surface area contributed by atoms with Crippen molar-refractivity contribution in [1.82, 2.24) is 10.2 Å². The number of nitrogens with zero attached hydrogens (tertiary/aromatic N) is 2. The Bertz CT molecular complexity index is 1070. The zero-order valence-corrected chi connectivity index (χ0v) is 16.6. The van der Waals surface area contributed by atoms with E-state index in [2.05, 4.69) is 5.32 Å². The van der Waals surface area contributed by atoms with E-state index in [9.17, 15) is 19.2 Å². The maximum absolute atomic E-state index is 13.0. The summed E-state index contributed by atoms with van der Waals surface area (Å²) in [6.45, 7) is 1.22. The summed E-state index contributed by atoms with van der Waals surface area (Å²) in [5, 5.41) is 3.18. The fraction of sp³-hybridized carbons (Fsp3) is 0.238. The molecule has 0 aromatic heterocycles. The van der Waals surface area contributed by atoms with E-state index < -0.39 is 17.5 Å². The van der Waals surface area contributed by atoms with E-state index in [-0.39, 0.29) is 24.7 Å². The number of ketones is 1. The number of fused-ring (bicyclic) bond motifs is 1. The van der Waals surface area contributed by atoms with E-state index in [0.29, 0.717) is 16.1 Å². The van der Waals surface area contributed by atoms with Crippen molar-refractivity contribution in [2.24, 2.45) is 0 Å². The van der Waals surface area contributed by atoms with Crippen LogP contribution in [0.5, 0.6) is 0 Å². The summed E-state index contributed by atoms with van der Waals surface area (Å²) in [4.78, 5) is 52.5. The first-order chi connectivity index (χ1) is 13.7. The van der Waals surface area contributed by atoms with Crippen LogP contribution in [0.3, 0.4) is 0 Å². The van der Waals surface area contributed by atoms with Crippen LogP contribution in [0, 0.1) is 0 Å². The number of benzene rings is 2. The second kappa shape index (κ2) is 6.70. The minimum absolute atomic E-state index is 0.0440. The van der Waals surface area contributed by atoms with Gasteiger partial charge in [-0.3, -0.25) is 19.3 Å². The van der Waals surface area contributed by atoms with Crippen molar-refractivity contribution < 1.29 is 19.2 Å². The first-order valence-corrected chi connectivity index (χ1v) is 9.41. The Kier molecular flexibility index (Phi) is 4.42. The molecule has 2 aliphatic rings. The number of likely N-dealkylation sites (N-methyl/N-ethyl adjacent to an activating group) is 1. The lowest BCUT2D eigenvalue weighted by atomic mass is 9.92. The third-order valence-corrected chi connectivity index (χ3v) is 5.73. The summed E-state index contributed by atoms with van der Waals surface area (Å²) in [5.41, 5.74) is 1.18. The molecule has 2 aliphatic heterocycles. The maximum Gasteiger partial charge on any atom is 0.325 e. The summed E-state index contributed by atoms with van der Waals surface area (Å²) >= 11 is 5.90. The lowest BCUT2D eigenvalue weighted by Gasteiger charge is -2.22. The molecule has 2 aromatic carbocycles. The van der Waals surface area contributed by atoms with Crippen LogP contribution in [0.1, 0.15) is 28.4 Å². The van der Waals surface area contributed by atoms with Crippen LogP contribution in [0.4, 0.5) is 10.5 Å². The van der Waals surface area contributed by atoms with Crippen molar-refractivity contribution in [3.05, 3.63) is 64.2 Å². The zero-order chi connectivity index (χ0) is 20.9. The predicted molar refractivity (Wildman–Crippen MR) is 107 cm³/mol. The van der Waals surface area contributed by atoms with Gasteiger partial charge in [-0.05, 0) is 48.4 Å². The molecule has 1 N–H and O–H groups in total. The molecule has 4 amide bonds. The van der Waals surface area contributed by atoms with E-state index >= 15 is 0 Å². The maximum atomic E-state index is 13.0. The molecule has 29 heavy (non-hydrogen) atoms. The van der Waals surface area contributed by atoms with Crippen molar-refractivity contribution in [3.63, 3.8) is 0 Å². The molecule has 7 nitrogen and oxygen atoms in total. The quantitative estimate of drug-likeness (QED) is 0.618. The predicted octanol–water partition coefficient (Wildman–Crippen LogP) is 2.51. The van der Waals surface area contributed by atoms with Crippen LogP contribution in [0.15, 0.2) is 42.5 Å². The second-order valence-corrected chi connectivity index (χ2v) is 7.79. The van der Waals surface area contributed by atoms with Gasteiger partial charge in [-0.1, -0.05) is 23.7 Å². The first kappa shape index (κ1) is 19.1. The molecule has 0 saturated carbocycles. The smallest absolute Gasteiger partial charge is 0.319 e. The Hall–Kier alpha value is -3.19. The molecule has 8 heteroatoms. The summed E-state index contributed by atoms with van der Waals surface area (Å²) < 4.78 is 0. The van der Waals surface area contributed by atoms with E-state index in [1.54, 1.807) is 61.3 Å². The third-order valence-electron chi connectivity index (χ3n) is 5.48. The lowest BCUT2D eigenvalue weighted by Crippen LogP contribution is -2.41. The fourth-order valence-corrected chi connectivity index (χ4v) is 3.82. The number of Topliss-reactive ketones (excluding diaryl/α,β-unsaturated/α-hetero) is 1. The Balaban J connectivity index is 1.55. The van der Waals surface area contributed by atoms with Gasteiger partial charge in [0.05, 0.1) is 13.0 Å². The number of amides is 4. The molecule has 0 aliphatic carbocycles. The zero-order valence-electron chi connectivity index (χ0n) is 15.9. The van der Waals surface area contributed by atoms with Gasteiger partial charge in [0.1, 0.15) is 5.54 Å². The number of hydrogen-bond donors (Lipinski definition) is 1. The molecule has 0 bridgehead atoms. The summed E-state index contributed by atoms with van der Waals surface area (Å²) in [7, 11) is 1.68. The van der Waals surface area contributed by atoms with Gasteiger partial charge in [-0.15, -0.1) is 0 Å². The number of rotatable bonds is 4. The summed E-state index contributed by atoms with van der Waals surface area (Å²) in [6.07, 6.45) is 0.227. The van der Waals surface area contributed by atoms with Gasteiger partial charge in [0, 0.05) is 23.3 Å². The van der Waals surface area contributed by atoms with Crippen molar-refractivity contribution in [2.45, 2.75) is 18.9 Å². The molecule has 148 valence electrons. The van der Waals surface area contributed by atoms with Gasteiger partial charge in [0.2, 0.25) is 5.91 Å². The number of urea groups is 1. The molecule has 0 radical (unpaired) electrons. The summed E-state index contributed by atoms with van der Waals surface area (Å²) in [5.74, 6) is -0.926. The molecule has 1 saturated heterocycles. The van der Waals surface area contributed by atoms with E-state index in [0.717, 1.165) is 16.2 Å². The Morgan fingerprint density at radius 1 is 1.14 bits per heavy atom. The molecule has 1 atom stereocenters. The molecule has 0 spiro atoms. The molecule has 2 aromatic rings. The lowest BCUT2D eigenvalue weighted by molar-refractivity contribution is -0.130. The van der Waals surface area contributed by atoms with Gasteiger partial charge < -0.3 is 10.2 Å². The number of imide groups is 1. The monoisotopic (exact) mass is 411 g/mol. The highest BCUT2D eigenvalue weighted by Crippen LogP contribution is 2.31. The van der Waals surface area contributed by atoms with Crippen LogP contribution >= 0.6 is 11.6 Å². The Morgan fingerprint density at radius 3 is 2.52 bits per heavy atom. The largest absolute Gasteiger partial charge is 0.325 e. The van der Waals surface area contributed by atoms with Crippen LogP contribution < -0.4 is 10.2 Å². The number of halogens is 1. The Labute approximate surface area is 172 Å². The van der Waals surface area contributed by atoms with Gasteiger partial charge in [0.25, 0.3) is 5.91 Å². The van der Waals surface area contributed by atoms with Crippen LogP contribution in [-0.2, 0) is 21.5 Å². The standard InChI is InChI=1S/C21H18ClN3O4/c1-21(14-4-6-15(22)7-5-14)19(28)25(20(29)23-21)11-17(26)12-3-8-16-13(9-12)10-18(27)24(16)2/h3-9H,10-11H2,1-2H3,(H,23,29)/t21-/m0/s1. The molecule has 4 rings (SSSR count). The molecular weight excluding hydrogens is 394 g/mol. The van der Waals surface area contributed by atoms with Gasteiger partial charge in [-0.25, -0.2) is 4.79 Å². The van der Waals surface area contributed by atoms with Crippen LogP contribution in [-0.4, -0.2) is 42.1 Å². The van der Waals surface area contributed by atoms with Gasteiger partial charge >= 0.3 is 6.03 Å². The van der Waals surface area contributed by atoms with Gasteiger partial charge in [-0.2, -0.15) is 0 Å². The van der Waals surface area contributed by atoms with E-state index in [1.807, 2.05) is 0 Å². The highest BCUT2D eigenvalue weighted by molar-refractivity contribution is 6.30. The number of anilines is 1. The number of nitrogens with one attached hydrogen (secondary N) is 1. The van der Waals surface area contributed by atoms with E-state index in [4.69, 9.17) is 11.6 Å². The molecule has 1 fully saturated rings. The van der Waals surface area contributed by atoms with Crippen molar-refractivity contribution in [2.75, 3.05) is 18.5 Å². The summed E-state index contributed by atoms with van der Waals surface area (Å²) in [6, 6.07) is 10.9. The topological polar surface area (TPSA) is 86.8 Å². The normalized spacial score (nSPS) is 20.9. The molecule has 0 unspecified atom stereocenters. The highest BCUT2D eigenvalue weighted by Gasteiger charge is 2.49. The molecule has 2 heterocycles. The van der Waals surface area contributed by atoms with Crippen LogP contribution in [0.25, 0.3) is 0 Å². The SMILES string of the molecule is CN1C(=O)Cc2cc(C(=O)CN3C(=O)N[C@@](C)(c4ccc(Cl)cc4)C3=O)ccc21. The second-order valence-electron chi connectivity index (χ2n) is 7.35. The minimum Gasteiger partial charge on any atom is -0.319 e. The Morgan fingerprint density at radius 2 is 1.83 bits per heavy atom. The number of carbonyl (C=O) groups excluding carboxylic acids is 4.